The molecule has 1 heterocycles. The van der Waals surface area contributed by atoms with Gasteiger partial charge in [0.15, 0.2) is 5.16 Å². The third-order valence-corrected chi connectivity index (χ3v) is 5.70. The van der Waals surface area contributed by atoms with Crippen LogP contribution in [0, 0.1) is 20.8 Å². The van der Waals surface area contributed by atoms with E-state index in [1.54, 1.807) is 6.20 Å². The Morgan fingerprint density at radius 3 is 2.68 bits per heavy atom. The summed E-state index contributed by atoms with van der Waals surface area (Å²) in [5.74, 6) is 0.106. The lowest BCUT2D eigenvalue weighted by atomic mass is 10.1. The van der Waals surface area contributed by atoms with Crippen LogP contribution in [0.3, 0.4) is 0 Å². The molecule has 1 amide bonds. The first-order valence-electron chi connectivity index (χ1n) is 9.20. The molecule has 3 rings (SSSR count). The van der Waals surface area contributed by atoms with E-state index in [4.69, 9.17) is 0 Å². The van der Waals surface area contributed by atoms with Gasteiger partial charge in [0.1, 0.15) is 0 Å². The van der Waals surface area contributed by atoms with Crippen molar-refractivity contribution < 1.29 is 9.90 Å². The predicted octanol–water partition coefficient (Wildman–Crippen LogP) is 3.74. The highest BCUT2D eigenvalue weighted by atomic mass is 32.2. The summed E-state index contributed by atoms with van der Waals surface area (Å²) in [4.78, 5) is 16.6. The summed E-state index contributed by atoms with van der Waals surface area (Å²) in [6, 6.07) is 13.8. The summed E-state index contributed by atoms with van der Waals surface area (Å²) < 4.78 is 2.00. The SMILES string of the molecule is Cc1ccc(C(O)CNC(=O)CSc2nccn2-c2cccc(C)c2C)cc1. The number of carbonyl (C=O) groups excluding carboxylic acids is 1. The molecule has 0 radical (unpaired) electrons. The number of carbonyl (C=O) groups is 1. The Hall–Kier alpha value is -2.57. The summed E-state index contributed by atoms with van der Waals surface area (Å²) in [5, 5.41) is 13.8. The first kappa shape index (κ1) is 20.2. The van der Waals surface area contributed by atoms with E-state index >= 15 is 0 Å². The highest BCUT2D eigenvalue weighted by molar-refractivity contribution is 7.99. The molecule has 0 bridgehead atoms. The lowest BCUT2D eigenvalue weighted by Crippen LogP contribution is -2.29. The van der Waals surface area contributed by atoms with Gasteiger partial charge >= 0.3 is 0 Å². The minimum absolute atomic E-state index is 0.133. The molecule has 0 aliphatic heterocycles. The van der Waals surface area contributed by atoms with Crippen molar-refractivity contribution in [2.75, 3.05) is 12.3 Å². The summed E-state index contributed by atoms with van der Waals surface area (Å²) in [6.07, 6.45) is 2.93. The molecule has 0 fully saturated rings. The molecular weight excluding hydrogens is 370 g/mol. The maximum absolute atomic E-state index is 12.2. The second kappa shape index (κ2) is 9.08. The van der Waals surface area contributed by atoms with Crippen molar-refractivity contribution in [3.63, 3.8) is 0 Å². The molecule has 2 aromatic carbocycles. The second-order valence-corrected chi connectivity index (χ2v) is 7.76. The first-order chi connectivity index (χ1) is 13.5. The standard InChI is InChI=1S/C22H25N3O2S/c1-15-7-9-18(10-8-15)20(26)13-24-21(27)14-28-22-23-11-12-25(22)19-6-4-5-16(2)17(19)3/h4-12,20,26H,13-14H2,1-3H3,(H,24,27). The number of thioether (sulfide) groups is 1. The van der Waals surface area contributed by atoms with E-state index in [0.717, 1.165) is 22.0 Å². The number of imidazole rings is 1. The molecule has 28 heavy (non-hydrogen) atoms. The number of hydrogen-bond donors (Lipinski definition) is 2. The molecule has 0 aliphatic carbocycles. The van der Waals surface area contributed by atoms with Crippen molar-refractivity contribution in [2.45, 2.75) is 32.0 Å². The molecule has 0 spiro atoms. The smallest absolute Gasteiger partial charge is 0.230 e. The average molecular weight is 396 g/mol. The van der Waals surface area contributed by atoms with Crippen LogP contribution in [-0.2, 0) is 4.79 Å². The van der Waals surface area contributed by atoms with Crippen molar-refractivity contribution in [3.8, 4) is 5.69 Å². The third kappa shape index (κ3) is 4.82. The van der Waals surface area contributed by atoms with Crippen LogP contribution >= 0.6 is 11.8 Å². The molecule has 0 saturated carbocycles. The maximum Gasteiger partial charge on any atom is 0.230 e. The number of hydrogen-bond acceptors (Lipinski definition) is 4. The van der Waals surface area contributed by atoms with Gasteiger partial charge in [-0.05, 0) is 43.5 Å². The van der Waals surface area contributed by atoms with Gasteiger partial charge in [0.05, 0.1) is 17.5 Å². The molecule has 0 aliphatic rings. The van der Waals surface area contributed by atoms with E-state index in [1.165, 1.54) is 22.9 Å². The van der Waals surface area contributed by atoms with Crippen LogP contribution in [0.1, 0.15) is 28.4 Å². The molecular formula is C22H25N3O2S. The number of aromatic nitrogens is 2. The fourth-order valence-electron chi connectivity index (χ4n) is 2.87. The zero-order valence-electron chi connectivity index (χ0n) is 16.3. The van der Waals surface area contributed by atoms with Gasteiger partial charge < -0.3 is 10.4 Å². The average Bonchev–Trinajstić information content (AvgIpc) is 3.15. The normalized spacial score (nSPS) is 12.0. The van der Waals surface area contributed by atoms with Gasteiger partial charge in [-0.2, -0.15) is 0 Å². The topological polar surface area (TPSA) is 67.2 Å². The van der Waals surface area contributed by atoms with Gasteiger partial charge in [-0.25, -0.2) is 4.98 Å². The Kier molecular flexibility index (Phi) is 6.54. The quantitative estimate of drug-likeness (QED) is 0.598. The summed E-state index contributed by atoms with van der Waals surface area (Å²) in [6.45, 7) is 6.35. The minimum atomic E-state index is -0.716. The molecule has 1 atom stereocenters. The Morgan fingerprint density at radius 1 is 1.18 bits per heavy atom. The second-order valence-electron chi connectivity index (χ2n) is 6.82. The van der Waals surface area contributed by atoms with Gasteiger partial charge in [0.25, 0.3) is 0 Å². The molecule has 3 aromatic rings. The fraction of sp³-hybridized carbons (Fsp3) is 0.273. The van der Waals surface area contributed by atoms with Crippen LogP contribution in [0.4, 0.5) is 0 Å². The van der Waals surface area contributed by atoms with Gasteiger partial charge in [-0.15, -0.1) is 0 Å². The number of aliphatic hydroxyl groups excluding tert-OH is 1. The number of aliphatic hydroxyl groups is 1. The van der Waals surface area contributed by atoms with Gasteiger partial charge in [-0.3, -0.25) is 9.36 Å². The number of amides is 1. The summed E-state index contributed by atoms with van der Waals surface area (Å²) in [7, 11) is 0. The van der Waals surface area contributed by atoms with Crippen LogP contribution in [0.25, 0.3) is 5.69 Å². The van der Waals surface area contributed by atoms with Crippen molar-refractivity contribution in [1.82, 2.24) is 14.9 Å². The molecule has 6 heteroatoms. The highest BCUT2D eigenvalue weighted by Crippen LogP contribution is 2.24. The van der Waals surface area contributed by atoms with E-state index < -0.39 is 6.10 Å². The number of benzene rings is 2. The molecule has 2 N–H and O–H groups in total. The molecule has 1 unspecified atom stereocenters. The van der Waals surface area contributed by atoms with Crippen molar-refractivity contribution in [1.29, 1.82) is 0 Å². The molecule has 1 aromatic heterocycles. The monoisotopic (exact) mass is 395 g/mol. The van der Waals surface area contributed by atoms with E-state index in [0.29, 0.717) is 0 Å². The van der Waals surface area contributed by atoms with Gasteiger partial charge in [-0.1, -0.05) is 53.7 Å². The molecule has 5 nitrogen and oxygen atoms in total. The van der Waals surface area contributed by atoms with Crippen LogP contribution in [0.2, 0.25) is 0 Å². The van der Waals surface area contributed by atoms with Crippen molar-refractivity contribution in [3.05, 3.63) is 77.1 Å². The Bertz CT molecular complexity index is 951. The van der Waals surface area contributed by atoms with Crippen LogP contribution < -0.4 is 5.32 Å². The van der Waals surface area contributed by atoms with Crippen LogP contribution in [0.5, 0.6) is 0 Å². The van der Waals surface area contributed by atoms with Crippen molar-refractivity contribution in [2.24, 2.45) is 0 Å². The minimum Gasteiger partial charge on any atom is -0.387 e. The molecule has 146 valence electrons. The first-order valence-corrected chi connectivity index (χ1v) is 10.2. The molecule has 0 saturated heterocycles. The van der Waals surface area contributed by atoms with Crippen LogP contribution in [-0.4, -0.2) is 32.9 Å². The Labute approximate surface area is 169 Å². The Balaban J connectivity index is 1.56. The largest absolute Gasteiger partial charge is 0.387 e. The lowest BCUT2D eigenvalue weighted by molar-refractivity contribution is -0.119. The highest BCUT2D eigenvalue weighted by Gasteiger charge is 2.13. The van der Waals surface area contributed by atoms with E-state index in [1.807, 2.05) is 54.1 Å². The Morgan fingerprint density at radius 2 is 1.93 bits per heavy atom. The van der Waals surface area contributed by atoms with Gasteiger partial charge in [0, 0.05) is 18.9 Å². The maximum atomic E-state index is 12.2. The predicted molar refractivity (Wildman–Crippen MR) is 113 cm³/mol. The van der Waals surface area contributed by atoms with Crippen LogP contribution in [0.15, 0.2) is 60.0 Å². The zero-order valence-corrected chi connectivity index (χ0v) is 17.2. The van der Waals surface area contributed by atoms with E-state index in [9.17, 15) is 9.90 Å². The number of aryl methyl sites for hydroxylation is 2. The van der Waals surface area contributed by atoms with Gasteiger partial charge in [0.2, 0.25) is 5.91 Å². The lowest BCUT2D eigenvalue weighted by Gasteiger charge is -2.13. The van der Waals surface area contributed by atoms with Crippen molar-refractivity contribution >= 4 is 17.7 Å². The number of rotatable bonds is 7. The summed E-state index contributed by atoms with van der Waals surface area (Å²) in [5.41, 5.74) is 5.40. The fourth-order valence-corrected chi connectivity index (χ4v) is 3.67. The third-order valence-electron chi connectivity index (χ3n) is 4.73. The number of nitrogens with one attached hydrogen (secondary N) is 1. The van der Waals surface area contributed by atoms with E-state index in [-0.39, 0.29) is 18.2 Å². The zero-order chi connectivity index (χ0) is 20.1. The summed E-state index contributed by atoms with van der Waals surface area (Å²) >= 11 is 1.38. The number of nitrogens with zero attached hydrogens (tertiary/aromatic N) is 2. The van der Waals surface area contributed by atoms with E-state index in [2.05, 4.69) is 30.2 Å².